The van der Waals surface area contributed by atoms with Crippen molar-refractivity contribution in [2.75, 3.05) is 13.2 Å². The molecule has 2 aliphatic rings. The van der Waals surface area contributed by atoms with Gasteiger partial charge in [-0.25, -0.2) is 0 Å². The van der Waals surface area contributed by atoms with Crippen molar-refractivity contribution >= 4 is 41.5 Å². The topological polar surface area (TPSA) is 18.5 Å². The minimum absolute atomic E-state index is 0. The van der Waals surface area contributed by atoms with Gasteiger partial charge >= 0.3 is 0 Å². The van der Waals surface area contributed by atoms with Crippen LogP contribution in [-0.2, 0) is 8.85 Å². The van der Waals surface area contributed by atoms with Gasteiger partial charge in [-0.15, -0.1) is 0 Å². The Morgan fingerprint density at radius 3 is 1.14 bits per heavy atom. The monoisotopic (exact) mass is 268 g/mol. The fourth-order valence-corrected chi connectivity index (χ4v) is 3.71. The molecule has 2 heterocycles. The number of rotatable bonds is 0. The lowest BCUT2D eigenvalue weighted by Gasteiger charge is -2.07. The summed E-state index contributed by atoms with van der Waals surface area (Å²) in [6.07, 6.45) is 5.50. The van der Waals surface area contributed by atoms with Crippen molar-refractivity contribution in [2.24, 2.45) is 0 Å². The van der Waals surface area contributed by atoms with Gasteiger partial charge in [-0.1, -0.05) is 12.8 Å². The second-order valence-electron chi connectivity index (χ2n) is 3.35. The molecule has 0 aromatic carbocycles. The third-order valence-corrected chi connectivity index (χ3v) is 4.89. The van der Waals surface area contributed by atoms with E-state index in [1.165, 1.54) is 37.8 Å². The Balaban J connectivity index is 0. The van der Waals surface area contributed by atoms with Crippen molar-refractivity contribution < 1.29 is 8.85 Å². The molecular weight excluding hydrogens is 240 g/mol. The molecule has 2 aliphatic heterocycles. The molecule has 0 saturated carbocycles. The maximum Gasteiger partial charge on any atom is 0.161 e. The molecule has 2 nitrogen and oxygen atoms in total. The van der Waals surface area contributed by atoms with Crippen molar-refractivity contribution in [2.45, 2.75) is 37.8 Å². The normalized spacial score (nSPS) is 24.0. The maximum absolute atomic E-state index is 5.21. The maximum atomic E-state index is 5.21. The number of hydrogen-bond acceptors (Lipinski definition) is 2. The lowest BCUT2D eigenvalue weighted by molar-refractivity contribution is 0.304. The lowest BCUT2D eigenvalue weighted by atomic mass is 10.4. The molecule has 2 saturated heterocycles. The molecule has 88 valence electrons. The van der Waals surface area contributed by atoms with E-state index in [-0.39, 0.29) is 41.5 Å². The molecule has 6 heteroatoms. The molecule has 0 bridgehead atoms. The van der Waals surface area contributed by atoms with Crippen molar-refractivity contribution in [3.8, 4) is 0 Å². The molecule has 0 spiro atoms. The minimum atomic E-state index is 0. The summed E-state index contributed by atoms with van der Waals surface area (Å²) in [6, 6.07) is 2.83. The third kappa shape index (κ3) is 10.9. The van der Waals surface area contributed by atoms with Crippen LogP contribution in [0.15, 0.2) is 0 Å². The van der Waals surface area contributed by atoms with Crippen LogP contribution in [0, 0.1) is 0 Å². The van der Waals surface area contributed by atoms with E-state index < -0.39 is 0 Å². The van der Waals surface area contributed by atoms with Crippen molar-refractivity contribution in [1.29, 1.82) is 0 Å². The SMILES string of the molecule is C1CC[SiH2]OC1.C1CC[SiH2]OC1.[SiH4].[SiH4]. The van der Waals surface area contributed by atoms with Crippen molar-refractivity contribution in [3.63, 3.8) is 0 Å². The zero-order valence-corrected chi connectivity index (χ0v) is 10.7. The van der Waals surface area contributed by atoms with E-state index in [1.54, 1.807) is 0 Å². The van der Waals surface area contributed by atoms with Gasteiger partial charge in [0.15, 0.2) is 19.5 Å². The first kappa shape index (κ1) is 17.2. The molecule has 0 aromatic heterocycles. The molecule has 0 unspecified atom stereocenters. The molecule has 2 fully saturated rings. The highest BCUT2D eigenvalue weighted by Crippen LogP contribution is 2.01. The van der Waals surface area contributed by atoms with E-state index in [0.717, 1.165) is 13.2 Å². The van der Waals surface area contributed by atoms with Gasteiger partial charge < -0.3 is 8.85 Å². The van der Waals surface area contributed by atoms with Gasteiger partial charge in [-0.3, -0.25) is 0 Å². The largest absolute Gasteiger partial charge is 0.424 e. The van der Waals surface area contributed by atoms with Gasteiger partial charge in [-0.05, 0) is 46.9 Å². The van der Waals surface area contributed by atoms with Crippen molar-refractivity contribution in [1.82, 2.24) is 0 Å². The van der Waals surface area contributed by atoms with Gasteiger partial charge in [-0.2, -0.15) is 0 Å². The van der Waals surface area contributed by atoms with Crippen LogP contribution in [0.4, 0.5) is 0 Å². The third-order valence-electron chi connectivity index (χ3n) is 2.15. The molecule has 0 N–H and O–H groups in total. The molecule has 0 atom stereocenters. The summed E-state index contributed by atoms with van der Waals surface area (Å²) < 4.78 is 10.4. The fraction of sp³-hybridized carbons (Fsp3) is 1.00. The van der Waals surface area contributed by atoms with Crippen LogP contribution < -0.4 is 0 Å². The Hall–Kier alpha value is 0.788. The van der Waals surface area contributed by atoms with Crippen LogP contribution in [0.5, 0.6) is 0 Å². The van der Waals surface area contributed by atoms with Crippen LogP contribution in [-0.4, -0.2) is 54.7 Å². The molecule has 14 heavy (non-hydrogen) atoms. The summed E-state index contributed by atoms with van der Waals surface area (Å²) in [7, 11) is 0.0170. The summed E-state index contributed by atoms with van der Waals surface area (Å²) in [4.78, 5) is 0. The first-order chi connectivity index (χ1) is 6.00. The van der Waals surface area contributed by atoms with Crippen LogP contribution in [0.1, 0.15) is 25.7 Å². The van der Waals surface area contributed by atoms with E-state index in [2.05, 4.69) is 0 Å². The second kappa shape index (κ2) is 13.8. The van der Waals surface area contributed by atoms with E-state index in [1.807, 2.05) is 0 Å². The minimum Gasteiger partial charge on any atom is -0.424 e. The lowest BCUT2D eigenvalue weighted by Crippen LogP contribution is -2.06. The van der Waals surface area contributed by atoms with Crippen LogP contribution >= 0.6 is 0 Å². The number of hydrogen-bond donors (Lipinski definition) is 0. The summed E-state index contributed by atoms with van der Waals surface area (Å²) in [5.41, 5.74) is 0. The Bertz CT molecular complexity index is 62.3. The van der Waals surface area contributed by atoms with Crippen LogP contribution in [0.25, 0.3) is 0 Å². The van der Waals surface area contributed by atoms with Gasteiger partial charge in [0.2, 0.25) is 0 Å². The molecule has 0 amide bonds. The van der Waals surface area contributed by atoms with E-state index in [4.69, 9.17) is 8.85 Å². The molecular formula is C8H28O2Si4. The van der Waals surface area contributed by atoms with E-state index in [9.17, 15) is 0 Å². The average Bonchev–Trinajstić information content (AvgIpc) is 2.24. The van der Waals surface area contributed by atoms with Crippen LogP contribution in [0.3, 0.4) is 0 Å². The first-order valence-corrected chi connectivity index (χ1v) is 8.31. The highest BCUT2D eigenvalue weighted by molar-refractivity contribution is 6.27. The highest BCUT2D eigenvalue weighted by atomic mass is 28.2. The predicted octanol–water partition coefficient (Wildman–Crippen LogP) is -2.31. The van der Waals surface area contributed by atoms with E-state index in [0.29, 0.717) is 0 Å². The smallest absolute Gasteiger partial charge is 0.161 e. The summed E-state index contributed by atoms with van der Waals surface area (Å²) in [5.74, 6) is 0. The van der Waals surface area contributed by atoms with Crippen LogP contribution in [0.2, 0.25) is 12.1 Å². The van der Waals surface area contributed by atoms with E-state index >= 15 is 0 Å². The van der Waals surface area contributed by atoms with Gasteiger partial charge in [0.1, 0.15) is 0 Å². The Morgan fingerprint density at radius 1 is 0.643 bits per heavy atom. The molecule has 0 aromatic rings. The summed E-state index contributed by atoms with van der Waals surface area (Å²) >= 11 is 0. The predicted molar refractivity (Wildman–Crippen MR) is 79.7 cm³/mol. The molecule has 2 rings (SSSR count). The summed E-state index contributed by atoms with van der Waals surface area (Å²) in [6.45, 7) is 2.12. The Kier molecular flexibility index (Phi) is 16.9. The second-order valence-corrected chi connectivity index (χ2v) is 6.39. The standard InChI is InChI=1S/2C4H10OSi.2H4Si/c2*1-2-4-6-5-3-1;;/h2*1-4,6H2;2*1H4. The summed E-state index contributed by atoms with van der Waals surface area (Å²) in [5, 5.41) is 0. The quantitative estimate of drug-likeness (QED) is 0.460. The molecule has 0 radical (unpaired) electrons. The Morgan fingerprint density at radius 2 is 1.07 bits per heavy atom. The Labute approximate surface area is 101 Å². The fourth-order valence-electron chi connectivity index (χ4n) is 1.37. The average molecular weight is 269 g/mol. The van der Waals surface area contributed by atoms with Gasteiger partial charge in [0.25, 0.3) is 0 Å². The zero-order chi connectivity index (χ0) is 8.49. The molecule has 0 aliphatic carbocycles. The van der Waals surface area contributed by atoms with Gasteiger partial charge in [0.05, 0.1) is 0 Å². The van der Waals surface area contributed by atoms with Crippen molar-refractivity contribution in [3.05, 3.63) is 0 Å². The first-order valence-electron chi connectivity index (χ1n) is 5.15. The van der Waals surface area contributed by atoms with Gasteiger partial charge in [0, 0.05) is 13.2 Å². The zero-order valence-electron chi connectivity index (χ0n) is 7.89. The highest BCUT2D eigenvalue weighted by Gasteiger charge is 1.96.